The third kappa shape index (κ3) is 4.97. The van der Waals surface area contributed by atoms with E-state index >= 15 is 0 Å². The van der Waals surface area contributed by atoms with E-state index in [1.54, 1.807) is 11.0 Å². The number of carbonyl (C=O) groups is 1. The number of amides is 1. The van der Waals surface area contributed by atoms with Gasteiger partial charge < -0.3 is 9.80 Å². The Morgan fingerprint density at radius 1 is 1.30 bits per heavy atom. The summed E-state index contributed by atoms with van der Waals surface area (Å²) < 4.78 is 0. The molecule has 1 fully saturated rings. The molecule has 1 amide bonds. The molecule has 2 aliphatic rings. The van der Waals surface area contributed by atoms with Gasteiger partial charge in [0.1, 0.15) is 0 Å². The number of nitrogens with zero attached hydrogens (tertiary/aromatic N) is 4. The maximum atomic E-state index is 12.8. The normalized spacial score (nSPS) is 20.5. The summed E-state index contributed by atoms with van der Waals surface area (Å²) >= 11 is 0. The van der Waals surface area contributed by atoms with E-state index in [0.29, 0.717) is 18.5 Å². The van der Waals surface area contributed by atoms with Gasteiger partial charge in [-0.05, 0) is 39.2 Å². The average Bonchev–Trinajstić information content (AvgIpc) is 2.96. The molecular formula is C20H31N5O2. The number of hydrogen-bond acceptors (Lipinski definition) is 5. The number of nitrogens with one attached hydrogen (secondary N) is 1. The van der Waals surface area contributed by atoms with Gasteiger partial charge in [0.05, 0.1) is 5.69 Å². The first kappa shape index (κ1) is 19.6. The van der Waals surface area contributed by atoms with Crippen molar-refractivity contribution in [1.82, 2.24) is 19.8 Å². The van der Waals surface area contributed by atoms with Crippen LogP contribution in [-0.2, 0) is 11.3 Å². The van der Waals surface area contributed by atoms with E-state index in [4.69, 9.17) is 0 Å². The quantitative estimate of drug-likeness (QED) is 0.851. The molecule has 1 saturated heterocycles. The Kier molecular flexibility index (Phi) is 6.31. The van der Waals surface area contributed by atoms with Crippen LogP contribution in [-0.4, -0.2) is 65.9 Å². The van der Waals surface area contributed by atoms with Crippen molar-refractivity contribution in [2.45, 2.75) is 51.1 Å². The molecule has 148 valence electrons. The van der Waals surface area contributed by atoms with Crippen molar-refractivity contribution in [1.29, 1.82) is 0 Å². The molecule has 7 heteroatoms. The van der Waals surface area contributed by atoms with Crippen molar-refractivity contribution in [3.63, 3.8) is 0 Å². The van der Waals surface area contributed by atoms with Crippen LogP contribution in [0.5, 0.6) is 0 Å². The van der Waals surface area contributed by atoms with E-state index in [-0.39, 0.29) is 11.5 Å². The average molecular weight is 374 g/mol. The number of aromatic nitrogens is 2. The summed E-state index contributed by atoms with van der Waals surface area (Å²) in [5, 5.41) is 0. The summed E-state index contributed by atoms with van der Waals surface area (Å²) in [5.74, 6) is 0.784. The molecule has 0 saturated carbocycles. The molecule has 7 nitrogen and oxygen atoms in total. The van der Waals surface area contributed by atoms with Gasteiger partial charge in [-0.15, -0.1) is 0 Å². The number of H-pyrrole nitrogens is 1. The molecule has 1 aliphatic heterocycles. The Morgan fingerprint density at radius 3 is 2.89 bits per heavy atom. The number of allylic oxidation sites excluding steroid dienone is 1. The van der Waals surface area contributed by atoms with Crippen LogP contribution >= 0.6 is 0 Å². The minimum Gasteiger partial charge on any atom is -0.348 e. The molecule has 0 aromatic carbocycles. The molecule has 1 aliphatic carbocycles. The van der Waals surface area contributed by atoms with Crippen LogP contribution in [0.4, 0.5) is 5.95 Å². The fourth-order valence-corrected chi connectivity index (χ4v) is 3.87. The van der Waals surface area contributed by atoms with Gasteiger partial charge in [0.15, 0.2) is 0 Å². The molecule has 3 rings (SSSR count). The van der Waals surface area contributed by atoms with Crippen molar-refractivity contribution >= 4 is 11.9 Å². The molecule has 1 aromatic heterocycles. The van der Waals surface area contributed by atoms with Gasteiger partial charge in [-0.3, -0.25) is 19.5 Å². The largest absolute Gasteiger partial charge is 0.348 e. The summed E-state index contributed by atoms with van der Waals surface area (Å²) in [6, 6.07) is 1.85. The lowest BCUT2D eigenvalue weighted by Gasteiger charge is -2.25. The molecule has 0 bridgehead atoms. The summed E-state index contributed by atoms with van der Waals surface area (Å²) in [6.45, 7) is 2.15. The molecule has 2 heterocycles. The second kappa shape index (κ2) is 8.69. The van der Waals surface area contributed by atoms with Crippen LogP contribution in [0.15, 0.2) is 22.5 Å². The smallest absolute Gasteiger partial charge is 0.252 e. The lowest BCUT2D eigenvalue weighted by atomic mass is 10.1. The molecule has 27 heavy (non-hydrogen) atoms. The zero-order chi connectivity index (χ0) is 19.4. The number of likely N-dealkylation sites (tertiary alicyclic amines) is 1. The topological polar surface area (TPSA) is 72.5 Å². The van der Waals surface area contributed by atoms with Crippen LogP contribution in [0.3, 0.4) is 0 Å². The predicted molar refractivity (Wildman–Crippen MR) is 107 cm³/mol. The Balaban J connectivity index is 1.60. The lowest BCUT2D eigenvalue weighted by Crippen LogP contribution is -2.37. The fourth-order valence-electron chi connectivity index (χ4n) is 3.87. The van der Waals surface area contributed by atoms with E-state index in [9.17, 15) is 9.59 Å². The Bertz CT molecular complexity index is 755. The maximum Gasteiger partial charge on any atom is 0.252 e. The Hall–Kier alpha value is -2.15. The van der Waals surface area contributed by atoms with Crippen molar-refractivity contribution in [2.75, 3.05) is 39.1 Å². The highest BCUT2D eigenvalue weighted by Gasteiger charge is 2.30. The van der Waals surface area contributed by atoms with Crippen LogP contribution in [0.25, 0.3) is 0 Å². The van der Waals surface area contributed by atoms with Gasteiger partial charge in [0.25, 0.3) is 5.56 Å². The monoisotopic (exact) mass is 373 g/mol. The molecule has 1 N–H and O–H groups in total. The summed E-state index contributed by atoms with van der Waals surface area (Å²) in [5.41, 5.74) is 1.62. The van der Waals surface area contributed by atoms with Gasteiger partial charge in [0, 0.05) is 51.4 Å². The summed E-state index contributed by atoms with van der Waals surface area (Å²) in [4.78, 5) is 37.9. The zero-order valence-electron chi connectivity index (χ0n) is 16.7. The summed E-state index contributed by atoms with van der Waals surface area (Å²) in [6.07, 6.45) is 8.59. The highest BCUT2D eigenvalue weighted by Crippen LogP contribution is 2.23. The van der Waals surface area contributed by atoms with Gasteiger partial charge >= 0.3 is 0 Å². The molecule has 0 spiro atoms. The first-order valence-corrected chi connectivity index (χ1v) is 9.90. The second-order valence-corrected chi connectivity index (χ2v) is 7.89. The highest BCUT2D eigenvalue weighted by atomic mass is 16.2. The minimum absolute atomic E-state index is 0.138. The van der Waals surface area contributed by atoms with E-state index in [1.807, 2.05) is 26.0 Å². The number of rotatable bonds is 5. The van der Waals surface area contributed by atoms with Crippen molar-refractivity contribution < 1.29 is 4.79 Å². The van der Waals surface area contributed by atoms with Gasteiger partial charge in [-0.2, -0.15) is 0 Å². The van der Waals surface area contributed by atoms with E-state index < -0.39 is 0 Å². The van der Waals surface area contributed by atoms with Crippen LogP contribution in [0, 0.1) is 0 Å². The third-order valence-corrected chi connectivity index (χ3v) is 5.51. The Labute approximate surface area is 161 Å². The molecule has 1 aromatic rings. The SMILES string of the molecule is CN(C)c1nc(CN(C)C2CCN(C(=O)C3=CCCCCC3)C2)cc(=O)[nH]1. The van der Waals surface area contributed by atoms with Crippen LogP contribution < -0.4 is 10.5 Å². The van der Waals surface area contributed by atoms with Crippen LogP contribution in [0.2, 0.25) is 0 Å². The number of anilines is 1. The standard InChI is InChI=1S/C20H31N5O2/c1-23(2)20-21-16(12-18(26)22-20)13-24(3)17-10-11-25(14-17)19(27)15-8-6-4-5-7-9-15/h8,12,17H,4-7,9-11,13-14H2,1-3H3,(H,21,22,26). The van der Waals surface area contributed by atoms with Crippen LogP contribution in [0.1, 0.15) is 44.2 Å². The molecule has 0 radical (unpaired) electrons. The predicted octanol–water partition coefficient (Wildman–Crippen LogP) is 1.76. The van der Waals surface area contributed by atoms with Crippen molar-refractivity contribution in [3.8, 4) is 0 Å². The van der Waals surface area contributed by atoms with E-state index in [1.165, 1.54) is 12.8 Å². The zero-order valence-corrected chi connectivity index (χ0v) is 16.7. The molecule has 1 unspecified atom stereocenters. The van der Waals surface area contributed by atoms with Gasteiger partial charge in [0.2, 0.25) is 11.9 Å². The molecular weight excluding hydrogens is 342 g/mol. The number of hydrogen-bond donors (Lipinski definition) is 1. The summed E-state index contributed by atoms with van der Waals surface area (Å²) in [7, 11) is 5.75. The number of aromatic amines is 1. The first-order chi connectivity index (χ1) is 12.9. The first-order valence-electron chi connectivity index (χ1n) is 9.90. The maximum absolute atomic E-state index is 12.8. The minimum atomic E-state index is -0.138. The lowest BCUT2D eigenvalue weighted by molar-refractivity contribution is -0.126. The van der Waals surface area contributed by atoms with E-state index in [0.717, 1.165) is 50.0 Å². The van der Waals surface area contributed by atoms with Gasteiger partial charge in [-0.1, -0.05) is 12.5 Å². The fraction of sp³-hybridized carbons (Fsp3) is 0.650. The van der Waals surface area contributed by atoms with Crippen molar-refractivity contribution in [3.05, 3.63) is 33.8 Å². The third-order valence-electron chi connectivity index (χ3n) is 5.51. The number of carbonyl (C=O) groups excluding carboxylic acids is 1. The molecule has 1 atom stereocenters. The second-order valence-electron chi connectivity index (χ2n) is 7.89. The number of likely N-dealkylation sites (N-methyl/N-ethyl adjacent to an activating group) is 1. The van der Waals surface area contributed by atoms with Crippen molar-refractivity contribution in [2.24, 2.45) is 0 Å². The van der Waals surface area contributed by atoms with Gasteiger partial charge in [-0.25, -0.2) is 4.98 Å². The highest BCUT2D eigenvalue weighted by molar-refractivity contribution is 5.93. The Morgan fingerprint density at radius 2 is 2.11 bits per heavy atom. The van der Waals surface area contributed by atoms with E-state index in [2.05, 4.69) is 20.9 Å².